The van der Waals surface area contributed by atoms with Gasteiger partial charge in [-0.25, -0.2) is 8.78 Å². The zero-order valence-corrected chi connectivity index (χ0v) is 8.19. The summed E-state index contributed by atoms with van der Waals surface area (Å²) < 4.78 is 26.2. The SMILES string of the molecule is Nc1nc(N)nc(C2=CC=CC(F)(F)C2)n1. The molecule has 0 atom stereocenters. The molecule has 1 aromatic heterocycles. The van der Waals surface area contributed by atoms with Crippen LogP contribution in [0.5, 0.6) is 0 Å². The van der Waals surface area contributed by atoms with Crippen LogP contribution in [0.4, 0.5) is 20.7 Å². The molecule has 0 unspecified atom stereocenters. The summed E-state index contributed by atoms with van der Waals surface area (Å²) in [5.74, 6) is -2.96. The molecule has 0 spiro atoms. The second-order valence-corrected chi connectivity index (χ2v) is 3.36. The topological polar surface area (TPSA) is 90.7 Å². The van der Waals surface area contributed by atoms with Crippen molar-refractivity contribution in [3.8, 4) is 0 Å². The van der Waals surface area contributed by atoms with Gasteiger partial charge < -0.3 is 11.5 Å². The van der Waals surface area contributed by atoms with Gasteiger partial charge in [-0.2, -0.15) is 15.0 Å². The van der Waals surface area contributed by atoms with E-state index in [-0.39, 0.29) is 23.3 Å². The first-order valence-corrected chi connectivity index (χ1v) is 4.50. The monoisotopic (exact) mass is 225 g/mol. The van der Waals surface area contributed by atoms with Gasteiger partial charge >= 0.3 is 0 Å². The molecule has 2 rings (SSSR count). The molecule has 7 heteroatoms. The van der Waals surface area contributed by atoms with Crippen molar-refractivity contribution in [3.05, 3.63) is 24.1 Å². The highest BCUT2D eigenvalue weighted by molar-refractivity contribution is 5.65. The van der Waals surface area contributed by atoms with E-state index in [1.165, 1.54) is 12.2 Å². The minimum Gasteiger partial charge on any atom is -0.368 e. The van der Waals surface area contributed by atoms with Crippen LogP contribution in [0.1, 0.15) is 12.2 Å². The highest BCUT2D eigenvalue weighted by Crippen LogP contribution is 2.32. The highest BCUT2D eigenvalue weighted by Gasteiger charge is 2.30. The number of anilines is 2. The van der Waals surface area contributed by atoms with E-state index in [1.807, 2.05) is 0 Å². The maximum absolute atomic E-state index is 13.1. The van der Waals surface area contributed by atoms with Crippen LogP contribution in [0.2, 0.25) is 0 Å². The van der Waals surface area contributed by atoms with Crippen molar-refractivity contribution in [2.75, 3.05) is 11.5 Å². The zero-order valence-electron chi connectivity index (χ0n) is 8.19. The summed E-state index contributed by atoms with van der Waals surface area (Å²) in [6.07, 6.45) is 3.12. The number of nitrogen functional groups attached to an aromatic ring is 2. The molecule has 1 heterocycles. The third-order valence-electron chi connectivity index (χ3n) is 2.02. The van der Waals surface area contributed by atoms with Gasteiger partial charge in [-0.05, 0) is 6.08 Å². The predicted molar refractivity (Wildman–Crippen MR) is 55.3 cm³/mol. The molecule has 1 aliphatic carbocycles. The summed E-state index contributed by atoms with van der Waals surface area (Å²) >= 11 is 0. The van der Waals surface area contributed by atoms with Crippen molar-refractivity contribution in [3.63, 3.8) is 0 Å². The lowest BCUT2D eigenvalue weighted by Crippen LogP contribution is -2.17. The van der Waals surface area contributed by atoms with Crippen molar-refractivity contribution in [1.29, 1.82) is 0 Å². The first kappa shape index (κ1) is 10.5. The number of halogens is 2. The number of allylic oxidation sites excluding steroid dienone is 4. The lowest BCUT2D eigenvalue weighted by atomic mass is 10.0. The number of nitrogens with two attached hydrogens (primary N) is 2. The fourth-order valence-corrected chi connectivity index (χ4v) is 1.38. The molecule has 1 aliphatic rings. The lowest BCUT2D eigenvalue weighted by molar-refractivity contribution is 0.0601. The summed E-state index contributed by atoms with van der Waals surface area (Å²) in [5, 5.41) is 0. The lowest BCUT2D eigenvalue weighted by Gasteiger charge is -2.16. The molecule has 0 fully saturated rings. The van der Waals surface area contributed by atoms with Gasteiger partial charge in [0.2, 0.25) is 11.9 Å². The normalized spacial score (nSPS) is 18.2. The Labute approximate surface area is 89.9 Å². The van der Waals surface area contributed by atoms with Gasteiger partial charge in [0.1, 0.15) is 0 Å². The van der Waals surface area contributed by atoms with E-state index >= 15 is 0 Å². The van der Waals surface area contributed by atoms with Crippen LogP contribution in [0.15, 0.2) is 18.2 Å². The summed E-state index contributed by atoms with van der Waals surface area (Å²) in [6.45, 7) is 0. The Balaban J connectivity index is 2.38. The van der Waals surface area contributed by atoms with Gasteiger partial charge in [-0.15, -0.1) is 0 Å². The van der Waals surface area contributed by atoms with E-state index in [0.29, 0.717) is 0 Å². The van der Waals surface area contributed by atoms with Crippen LogP contribution < -0.4 is 11.5 Å². The molecule has 5 nitrogen and oxygen atoms in total. The molecule has 84 valence electrons. The number of hydrogen-bond donors (Lipinski definition) is 2. The second-order valence-electron chi connectivity index (χ2n) is 3.36. The summed E-state index contributed by atoms with van der Waals surface area (Å²) in [7, 11) is 0. The summed E-state index contributed by atoms with van der Waals surface area (Å²) in [5.41, 5.74) is 11.0. The maximum Gasteiger partial charge on any atom is 0.270 e. The number of aromatic nitrogens is 3. The van der Waals surface area contributed by atoms with E-state index < -0.39 is 12.3 Å². The fourth-order valence-electron chi connectivity index (χ4n) is 1.38. The van der Waals surface area contributed by atoms with Gasteiger partial charge in [0.15, 0.2) is 5.82 Å². The summed E-state index contributed by atoms with van der Waals surface area (Å²) in [6, 6.07) is 0. The quantitative estimate of drug-likeness (QED) is 0.744. The Morgan fingerprint density at radius 3 is 2.31 bits per heavy atom. The molecule has 0 saturated heterocycles. The third-order valence-corrected chi connectivity index (χ3v) is 2.02. The largest absolute Gasteiger partial charge is 0.368 e. The minimum absolute atomic E-state index is 0.0822. The first-order valence-electron chi connectivity index (χ1n) is 4.50. The molecular weight excluding hydrogens is 216 g/mol. The van der Waals surface area contributed by atoms with Gasteiger partial charge in [0.05, 0.1) is 0 Å². The molecule has 0 bridgehead atoms. The molecule has 4 N–H and O–H groups in total. The Bertz CT molecular complexity index is 461. The first-order chi connectivity index (χ1) is 7.46. The number of alkyl halides is 2. The maximum atomic E-state index is 13.1. The van der Waals surface area contributed by atoms with Crippen molar-refractivity contribution in [2.24, 2.45) is 0 Å². The van der Waals surface area contributed by atoms with Gasteiger partial charge in [0, 0.05) is 12.0 Å². The zero-order chi connectivity index (χ0) is 11.8. The third kappa shape index (κ3) is 2.13. The van der Waals surface area contributed by atoms with E-state index in [0.717, 1.165) is 6.08 Å². The number of nitrogens with zero attached hydrogens (tertiary/aromatic N) is 3. The molecule has 0 amide bonds. The minimum atomic E-state index is -2.89. The number of hydrogen-bond acceptors (Lipinski definition) is 5. The molecule has 0 radical (unpaired) electrons. The van der Waals surface area contributed by atoms with Crippen LogP contribution in [-0.2, 0) is 0 Å². The highest BCUT2D eigenvalue weighted by atomic mass is 19.3. The molecule has 0 aromatic carbocycles. The van der Waals surface area contributed by atoms with Gasteiger partial charge in [-0.1, -0.05) is 12.2 Å². The fraction of sp³-hybridized carbons (Fsp3) is 0.222. The van der Waals surface area contributed by atoms with E-state index in [4.69, 9.17) is 11.5 Å². The van der Waals surface area contributed by atoms with Crippen LogP contribution in [0, 0.1) is 0 Å². The second kappa shape index (κ2) is 3.51. The average molecular weight is 225 g/mol. The molecule has 0 aliphatic heterocycles. The Morgan fingerprint density at radius 1 is 1.12 bits per heavy atom. The Hall–Kier alpha value is -2.05. The van der Waals surface area contributed by atoms with E-state index in [2.05, 4.69) is 15.0 Å². The average Bonchev–Trinajstić information content (AvgIpc) is 2.14. The molecule has 1 aromatic rings. The van der Waals surface area contributed by atoms with Crippen LogP contribution in [-0.4, -0.2) is 20.9 Å². The van der Waals surface area contributed by atoms with Crippen LogP contribution >= 0.6 is 0 Å². The molecule has 0 saturated carbocycles. The Morgan fingerprint density at radius 2 is 1.75 bits per heavy atom. The van der Waals surface area contributed by atoms with Crippen molar-refractivity contribution < 1.29 is 8.78 Å². The predicted octanol–water partition coefficient (Wildman–Crippen LogP) is 1.01. The van der Waals surface area contributed by atoms with Crippen molar-refractivity contribution in [2.45, 2.75) is 12.3 Å². The van der Waals surface area contributed by atoms with Crippen molar-refractivity contribution >= 4 is 17.5 Å². The van der Waals surface area contributed by atoms with Gasteiger partial charge in [-0.3, -0.25) is 0 Å². The summed E-state index contributed by atoms with van der Waals surface area (Å²) in [4.78, 5) is 11.1. The van der Waals surface area contributed by atoms with E-state index in [9.17, 15) is 8.78 Å². The van der Waals surface area contributed by atoms with Crippen molar-refractivity contribution in [1.82, 2.24) is 15.0 Å². The molecule has 16 heavy (non-hydrogen) atoms. The van der Waals surface area contributed by atoms with Crippen LogP contribution in [0.25, 0.3) is 5.57 Å². The number of rotatable bonds is 1. The standard InChI is InChI=1S/C9H9F2N5/c10-9(11)3-1-2-5(4-9)6-14-7(12)16-8(13)15-6/h1-3H,4H2,(H4,12,13,14,15,16). The van der Waals surface area contributed by atoms with Crippen LogP contribution in [0.3, 0.4) is 0 Å². The van der Waals surface area contributed by atoms with E-state index in [1.54, 1.807) is 0 Å². The van der Waals surface area contributed by atoms with Gasteiger partial charge in [0.25, 0.3) is 5.92 Å². The Kier molecular flexibility index (Phi) is 2.30. The molecular formula is C9H9F2N5. The smallest absolute Gasteiger partial charge is 0.270 e.